The summed E-state index contributed by atoms with van der Waals surface area (Å²) >= 11 is 1.32. The normalized spacial score (nSPS) is 11.2. The van der Waals surface area contributed by atoms with Crippen LogP contribution in [0.4, 0.5) is 0 Å². The monoisotopic (exact) mass is 371 g/mol. The van der Waals surface area contributed by atoms with Crippen molar-refractivity contribution in [1.82, 2.24) is 24.1 Å². The lowest BCUT2D eigenvalue weighted by molar-refractivity contribution is -0.127. The lowest BCUT2D eigenvalue weighted by atomic mass is 10.2. The maximum absolute atomic E-state index is 12.5. The topological polar surface area (TPSA) is 72.5 Å². The Kier molecular flexibility index (Phi) is 5.13. The fourth-order valence-electron chi connectivity index (χ4n) is 2.82. The van der Waals surface area contributed by atoms with Gasteiger partial charge in [0, 0.05) is 20.1 Å². The number of hydrogen-bond donors (Lipinski definition) is 0. The van der Waals surface area contributed by atoms with Crippen LogP contribution >= 0.6 is 11.8 Å². The van der Waals surface area contributed by atoms with Gasteiger partial charge in [0.25, 0.3) is 5.56 Å². The summed E-state index contributed by atoms with van der Waals surface area (Å²) in [6.07, 6.45) is 0. The van der Waals surface area contributed by atoms with Gasteiger partial charge >= 0.3 is 0 Å². The summed E-state index contributed by atoms with van der Waals surface area (Å²) < 4.78 is 3.30. The first-order valence-corrected chi connectivity index (χ1v) is 9.30. The van der Waals surface area contributed by atoms with E-state index in [0.717, 1.165) is 11.1 Å². The predicted octanol–water partition coefficient (Wildman–Crippen LogP) is 2.10. The minimum absolute atomic E-state index is 0.0198. The Morgan fingerprint density at radius 2 is 2.04 bits per heavy atom. The molecule has 0 unspecified atom stereocenters. The number of rotatable bonds is 6. The smallest absolute Gasteiger partial charge is 0.262 e. The van der Waals surface area contributed by atoms with Gasteiger partial charge in [0.05, 0.1) is 16.7 Å². The number of carbonyl (C=O) groups is 1. The molecule has 0 aliphatic carbocycles. The first-order valence-electron chi connectivity index (χ1n) is 8.31. The second-order valence-electron chi connectivity index (χ2n) is 6.15. The number of aromatic nitrogens is 4. The van der Waals surface area contributed by atoms with E-state index in [1.807, 2.05) is 36.4 Å². The second-order valence-corrected chi connectivity index (χ2v) is 7.10. The highest BCUT2D eigenvalue weighted by Gasteiger charge is 2.17. The highest BCUT2D eigenvalue weighted by molar-refractivity contribution is 7.99. The number of amides is 1. The number of nitrogens with zero attached hydrogens (tertiary/aromatic N) is 5. The van der Waals surface area contributed by atoms with Crippen LogP contribution in [-0.4, -0.2) is 48.8 Å². The Morgan fingerprint density at radius 3 is 2.73 bits per heavy atom. The first kappa shape index (κ1) is 18.2. The van der Waals surface area contributed by atoms with E-state index in [9.17, 15) is 9.59 Å². The van der Waals surface area contributed by atoms with Crippen molar-refractivity contribution >= 4 is 34.3 Å². The molecule has 0 radical (unpaired) electrons. The number of benzene rings is 1. The number of aryl methyl sites for hydroxylation is 1. The summed E-state index contributed by atoms with van der Waals surface area (Å²) in [7, 11) is 1.67. The minimum Gasteiger partial charge on any atom is -0.338 e. The maximum atomic E-state index is 12.5. The van der Waals surface area contributed by atoms with Crippen LogP contribution in [0.5, 0.6) is 0 Å². The molecule has 0 saturated heterocycles. The predicted molar refractivity (Wildman–Crippen MR) is 104 cm³/mol. The van der Waals surface area contributed by atoms with Gasteiger partial charge in [0.15, 0.2) is 5.16 Å². The molecule has 0 saturated carbocycles. The number of fused-ring (bicyclic) bond motifs is 3. The molecule has 1 aromatic carbocycles. The third kappa shape index (κ3) is 3.24. The van der Waals surface area contributed by atoms with Crippen LogP contribution in [0.25, 0.3) is 16.7 Å². The molecule has 3 aromatic rings. The molecule has 2 aromatic heterocycles. The van der Waals surface area contributed by atoms with Gasteiger partial charge in [0.1, 0.15) is 0 Å². The van der Waals surface area contributed by atoms with Crippen LogP contribution in [-0.2, 0) is 11.8 Å². The van der Waals surface area contributed by atoms with Crippen molar-refractivity contribution < 1.29 is 4.79 Å². The standard InChI is InChI=1S/C18H21N5O2S/c1-5-22(10-12(2)3)15(24)11-26-18-20-19-17-21(4)16(25)13-8-6-7-9-14(13)23(17)18/h6-9H,2,5,10-11H2,1,3-4H3. The van der Waals surface area contributed by atoms with E-state index in [2.05, 4.69) is 16.8 Å². The number of hydrogen-bond acceptors (Lipinski definition) is 5. The number of carbonyl (C=O) groups excluding carboxylic acids is 1. The summed E-state index contributed by atoms with van der Waals surface area (Å²) in [6, 6.07) is 7.33. The average molecular weight is 371 g/mol. The zero-order valence-electron chi connectivity index (χ0n) is 15.1. The molecule has 8 heteroatoms. The molecule has 0 aliphatic rings. The van der Waals surface area contributed by atoms with E-state index >= 15 is 0 Å². The van der Waals surface area contributed by atoms with Crippen LogP contribution in [0.3, 0.4) is 0 Å². The number of likely N-dealkylation sites (N-methyl/N-ethyl adjacent to an activating group) is 1. The lowest BCUT2D eigenvalue weighted by Gasteiger charge is -2.20. The van der Waals surface area contributed by atoms with Gasteiger partial charge < -0.3 is 4.90 Å². The Bertz CT molecular complexity index is 1050. The van der Waals surface area contributed by atoms with Gasteiger partial charge in [-0.1, -0.05) is 36.0 Å². The summed E-state index contributed by atoms with van der Waals surface area (Å²) in [5, 5.41) is 9.51. The van der Waals surface area contributed by atoms with E-state index in [0.29, 0.717) is 29.4 Å². The molecule has 3 rings (SSSR count). The molecule has 0 bridgehead atoms. The lowest BCUT2D eigenvalue weighted by Crippen LogP contribution is -2.33. The van der Waals surface area contributed by atoms with E-state index in [4.69, 9.17) is 0 Å². The molecule has 2 heterocycles. The molecule has 26 heavy (non-hydrogen) atoms. The highest BCUT2D eigenvalue weighted by atomic mass is 32.2. The third-order valence-corrected chi connectivity index (χ3v) is 5.03. The summed E-state index contributed by atoms with van der Waals surface area (Å²) in [6.45, 7) is 8.90. The van der Waals surface area contributed by atoms with Crippen molar-refractivity contribution in [2.24, 2.45) is 7.05 Å². The summed E-state index contributed by atoms with van der Waals surface area (Å²) in [4.78, 5) is 26.7. The molecule has 0 aliphatic heterocycles. The van der Waals surface area contributed by atoms with Gasteiger partial charge in [-0.15, -0.1) is 10.2 Å². The van der Waals surface area contributed by atoms with Crippen molar-refractivity contribution in [2.75, 3.05) is 18.8 Å². The largest absolute Gasteiger partial charge is 0.338 e. The van der Waals surface area contributed by atoms with E-state index in [-0.39, 0.29) is 17.2 Å². The van der Waals surface area contributed by atoms with Crippen molar-refractivity contribution in [3.63, 3.8) is 0 Å². The average Bonchev–Trinajstić information content (AvgIpc) is 3.06. The van der Waals surface area contributed by atoms with Gasteiger partial charge in [0.2, 0.25) is 11.7 Å². The molecular formula is C18H21N5O2S. The molecule has 0 atom stereocenters. The minimum atomic E-state index is -0.119. The van der Waals surface area contributed by atoms with Crippen molar-refractivity contribution in [3.05, 3.63) is 46.8 Å². The highest BCUT2D eigenvalue weighted by Crippen LogP contribution is 2.21. The number of thioether (sulfide) groups is 1. The van der Waals surface area contributed by atoms with Crippen molar-refractivity contribution in [1.29, 1.82) is 0 Å². The summed E-state index contributed by atoms with van der Waals surface area (Å²) in [5.74, 6) is 0.725. The van der Waals surface area contributed by atoms with Crippen LogP contribution in [0.15, 0.2) is 46.4 Å². The van der Waals surface area contributed by atoms with Gasteiger partial charge in [-0.05, 0) is 26.0 Å². The van der Waals surface area contributed by atoms with E-state index in [1.54, 1.807) is 18.0 Å². The SMILES string of the molecule is C=C(C)CN(CC)C(=O)CSc1nnc2n(C)c(=O)c3ccccc3n12. The number of para-hydroxylation sites is 1. The van der Waals surface area contributed by atoms with Crippen LogP contribution in [0.1, 0.15) is 13.8 Å². The Labute approximate surface area is 155 Å². The maximum Gasteiger partial charge on any atom is 0.262 e. The van der Waals surface area contributed by atoms with Crippen molar-refractivity contribution in [2.45, 2.75) is 19.0 Å². The molecule has 136 valence electrons. The van der Waals surface area contributed by atoms with Crippen LogP contribution < -0.4 is 5.56 Å². The fraction of sp³-hybridized carbons (Fsp3) is 0.333. The molecule has 0 spiro atoms. The Balaban J connectivity index is 1.96. The van der Waals surface area contributed by atoms with Gasteiger partial charge in [-0.25, -0.2) is 0 Å². The van der Waals surface area contributed by atoms with Gasteiger partial charge in [-0.3, -0.25) is 18.6 Å². The van der Waals surface area contributed by atoms with Crippen molar-refractivity contribution in [3.8, 4) is 0 Å². The summed E-state index contributed by atoms with van der Waals surface area (Å²) in [5.41, 5.74) is 1.56. The Hall–Kier alpha value is -2.61. The fourth-order valence-corrected chi connectivity index (χ4v) is 3.67. The van der Waals surface area contributed by atoms with E-state index < -0.39 is 0 Å². The second kappa shape index (κ2) is 7.33. The quantitative estimate of drug-likeness (QED) is 0.490. The van der Waals surface area contributed by atoms with E-state index in [1.165, 1.54) is 16.3 Å². The van der Waals surface area contributed by atoms with Crippen LogP contribution in [0, 0.1) is 0 Å². The molecular weight excluding hydrogens is 350 g/mol. The molecule has 0 N–H and O–H groups in total. The zero-order valence-corrected chi connectivity index (χ0v) is 15.9. The molecule has 1 amide bonds. The van der Waals surface area contributed by atoms with Gasteiger partial charge in [-0.2, -0.15) is 0 Å². The zero-order chi connectivity index (χ0) is 18.8. The Morgan fingerprint density at radius 1 is 1.31 bits per heavy atom. The molecule has 0 fully saturated rings. The van der Waals surface area contributed by atoms with Crippen LogP contribution in [0.2, 0.25) is 0 Å². The molecule has 7 nitrogen and oxygen atoms in total. The first-order chi connectivity index (χ1) is 12.4. The third-order valence-electron chi connectivity index (χ3n) is 4.12.